The summed E-state index contributed by atoms with van der Waals surface area (Å²) in [4.78, 5) is 18.0. The van der Waals surface area contributed by atoms with Crippen molar-refractivity contribution >= 4 is 67.5 Å². The van der Waals surface area contributed by atoms with Crippen molar-refractivity contribution in [1.29, 1.82) is 0 Å². The van der Waals surface area contributed by atoms with E-state index >= 15 is 0 Å². The molecule has 1 aromatic heterocycles. The molecule has 148 valence electrons. The van der Waals surface area contributed by atoms with Gasteiger partial charge in [-0.15, -0.1) is 0 Å². The number of aromatic nitrogens is 1. The molecule has 0 saturated carbocycles. The SMILES string of the molecule is O=C(Cc1c(Br)ccc2cccnc12)/C(=C/c1ccc(Cl)cc1)c1ccc(Cl)cc1. The zero-order chi connectivity index (χ0) is 21.1. The Kier molecular flexibility index (Phi) is 6.33. The molecule has 30 heavy (non-hydrogen) atoms. The van der Waals surface area contributed by atoms with Gasteiger partial charge in [0.25, 0.3) is 0 Å². The maximum Gasteiger partial charge on any atom is 0.167 e. The second kappa shape index (κ2) is 9.13. The summed E-state index contributed by atoms with van der Waals surface area (Å²) < 4.78 is 0.865. The smallest absolute Gasteiger partial charge is 0.167 e. The number of hydrogen-bond donors (Lipinski definition) is 0. The zero-order valence-electron chi connectivity index (χ0n) is 15.8. The van der Waals surface area contributed by atoms with Gasteiger partial charge in [-0.05, 0) is 53.6 Å². The Morgan fingerprint density at radius 3 is 2.27 bits per heavy atom. The van der Waals surface area contributed by atoms with E-state index in [0.717, 1.165) is 32.1 Å². The third kappa shape index (κ3) is 4.65. The number of carbonyl (C=O) groups is 1. The highest BCUT2D eigenvalue weighted by atomic mass is 79.9. The van der Waals surface area contributed by atoms with E-state index in [9.17, 15) is 4.79 Å². The van der Waals surface area contributed by atoms with Crippen molar-refractivity contribution in [3.05, 3.63) is 110 Å². The van der Waals surface area contributed by atoms with Crippen molar-refractivity contribution in [2.75, 3.05) is 0 Å². The maximum absolute atomic E-state index is 13.5. The molecule has 0 aliphatic heterocycles. The normalized spacial score (nSPS) is 11.6. The maximum atomic E-state index is 13.5. The number of allylic oxidation sites excluding steroid dienone is 1. The van der Waals surface area contributed by atoms with E-state index in [4.69, 9.17) is 23.2 Å². The summed E-state index contributed by atoms with van der Waals surface area (Å²) in [5, 5.41) is 2.27. The van der Waals surface area contributed by atoms with Crippen LogP contribution in [-0.4, -0.2) is 10.8 Å². The number of rotatable bonds is 5. The van der Waals surface area contributed by atoms with Crippen molar-refractivity contribution in [2.45, 2.75) is 6.42 Å². The minimum absolute atomic E-state index is 0.00822. The van der Waals surface area contributed by atoms with Gasteiger partial charge in [-0.2, -0.15) is 0 Å². The minimum atomic E-state index is -0.00822. The Bertz CT molecular complexity index is 1250. The van der Waals surface area contributed by atoms with Gasteiger partial charge in [0.2, 0.25) is 0 Å². The molecular weight excluding hydrogens is 481 g/mol. The summed E-state index contributed by atoms with van der Waals surface area (Å²) >= 11 is 15.7. The minimum Gasteiger partial charge on any atom is -0.294 e. The quantitative estimate of drug-likeness (QED) is 0.209. The van der Waals surface area contributed by atoms with Crippen molar-refractivity contribution in [3.8, 4) is 0 Å². The highest BCUT2D eigenvalue weighted by Gasteiger charge is 2.17. The molecule has 0 bridgehead atoms. The molecule has 3 aromatic carbocycles. The Morgan fingerprint density at radius 1 is 0.900 bits per heavy atom. The topological polar surface area (TPSA) is 30.0 Å². The number of carbonyl (C=O) groups excluding carboxylic acids is 1. The van der Waals surface area contributed by atoms with E-state index in [0.29, 0.717) is 15.6 Å². The molecule has 0 saturated heterocycles. The van der Waals surface area contributed by atoms with Crippen molar-refractivity contribution < 1.29 is 4.79 Å². The first-order chi connectivity index (χ1) is 14.5. The standard InChI is InChI=1S/C25H16BrCl2NO/c26-23-12-7-18-2-1-13-29-25(18)22(23)15-24(30)21(17-5-10-20(28)11-6-17)14-16-3-8-19(27)9-4-16/h1-14H,15H2/b21-14+. The van der Waals surface area contributed by atoms with E-state index in [1.165, 1.54) is 0 Å². The highest BCUT2D eigenvalue weighted by molar-refractivity contribution is 9.10. The average Bonchev–Trinajstić information content (AvgIpc) is 2.76. The third-order valence-electron chi connectivity index (χ3n) is 4.80. The van der Waals surface area contributed by atoms with Crippen LogP contribution in [0.4, 0.5) is 0 Å². The van der Waals surface area contributed by atoms with Crippen molar-refractivity contribution in [3.63, 3.8) is 0 Å². The van der Waals surface area contributed by atoms with Gasteiger partial charge < -0.3 is 0 Å². The number of fused-ring (bicyclic) bond motifs is 1. The van der Waals surface area contributed by atoms with Crippen LogP contribution in [0.2, 0.25) is 10.0 Å². The Balaban J connectivity index is 1.78. The van der Waals surface area contributed by atoms with Crippen LogP contribution in [-0.2, 0) is 11.2 Å². The molecule has 4 rings (SSSR count). The molecule has 0 atom stereocenters. The van der Waals surface area contributed by atoms with Crippen LogP contribution in [0.25, 0.3) is 22.6 Å². The molecule has 4 aromatic rings. The third-order valence-corrected chi connectivity index (χ3v) is 6.04. The summed E-state index contributed by atoms with van der Waals surface area (Å²) in [6.45, 7) is 0. The molecule has 2 nitrogen and oxygen atoms in total. The van der Waals surface area contributed by atoms with Crippen LogP contribution in [0.3, 0.4) is 0 Å². The molecular formula is C25H16BrCl2NO. The molecule has 0 aliphatic carbocycles. The van der Waals surface area contributed by atoms with E-state index in [1.54, 1.807) is 18.3 Å². The molecule has 0 aliphatic rings. The van der Waals surface area contributed by atoms with E-state index in [-0.39, 0.29) is 12.2 Å². The number of Topliss-reactive ketones (excluding diaryl/α,β-unsaturated/α-hetero) is 1. The van der Waals surface area contributed by atoms with Crippen molar-refractivity contribution in [1.82, 2.24) is 4.98 Å². The van der Waals surface area contributed by atoms with Crippen LogP contribution in [0.5, 0.6) is 0 Å². The molecule has 0 amide bonds. The zero-order valence-corrected chi connectivity index (χ0v) is 18.9. The van der Waals surface area contributed by atoms with Gasteiger partial charge in [-0.3, -0.25) is 9.78 Å². The lowest BCUT2D eigenvalue weighted by Gasteiger charge is -2.11. The second-order valence-corrected chi connectivity index (χ2v) is 8.54. The lowest BCUT2D eigenvalue weighted by Crippen LogP contribution is -2.07. The fourth-order valence-corrected chi connectivity index (χ4v) is 4.00. The second-order valence-electron chi connectivity index (χ2n) is 6.82. The molecule has 0 spiro atoms. The number of pyridine rings is 1. The number of halogens is 3. The van der Waals surface area contributed by atoms with E-state index in [2.05, 4.69) is 20.9 Å². The van der Waals surface area contributed by atoms with Crippen LogP contribution < -0.4 is 0 Å². The van der Waals surface area contributed by atoms with Gasteiger partial charge in [-0.1, -0.05) is 75.5 Å². The van der Waals surface area contributed by atoms with Gasteiger partial charge in [0.15, 0.2) is 5.78 Å². The monoisotopic (exact) mass is 495 g/mol. The van der Waals surface area contributed by atoms with Crippen molar-refractivity contribution in [2.24, 2.45) is 0 Å². The number of nitrogens with zero attached hydrogens (tertiary/aromatic N) is 1. The lowest BCUT2D eigenvalue weighted by molar-refractivity contribution is -0.113. The first kappa shape index (κ1) is 20.8. The van der Waals surface area contributed by atoms with Crippen LogP contribution >= 0.6 is 39.1 Å². The fourth-order valence-electron chi connectivity index (χ4n) is 3.28. The molecule has 0 unspecified atom stereocenters. The summed E-state index contributed by atoms with van der Waals surface area (Å²) in [5.41, 5.74) is 4.00. The predicted octanol–water partition coefficient (Wildman–Crippen LogP) is 7.66. The van der Waals surface area contributed by atoms with Gasteiger partial charge >= 0.3 is 0 Å². The van der Waals surface area contributed by atoms with Gasteiger partial charge in [0.05, 0.1) is 5.52 Å². The van der Waals surface area contributed by atoms with Crippen LogP contribution in [0.15, 0.2) is 83.5 Å². The number of ketones is 1. The van der Waals surface area contributed by atoms with Gasteiger partial charge in [0.1, 0.15) is 0 Å². The molecule has 1 heterocycles. The number of hydrogen-bond acceptors (Lipinski definition) is 2. The molecule has 5 heteroatoms. The Labute approximate surface area is 193 Å². The summed E-state index contributed by atoms with van der Waals surface area (Å²) in [5.74, 6) is -0.00822. The summed E-state index contributed by atoms with van der Waals surface area (Å²) in [7, 11) is 0. The highest BCUT2D eigenvalue weighted by Crippen LogP contribution is 2.29. The van der Waals surface area contributed by atoms with Gasteiger partial charge in [0, 0.05) is 43.7 Å². The van der Waals surface area contributed by atoms with Crippen LogP contribution in [0, 0.1) is 0 Å². The number of benzene rings is 3. The Hall–Kier alpha value is -2.46. The Morgan fingerprint density at radius 2 is 1.57 bits per heavy atom. The summed E-state index contributed by atoms with van der Waals surface area (Å²) in [6.07, 6.45) is 3.84. The molecule has 0 N–H and O–H groups in total. The predicted molar refractivity (Wildman–Crippen MR) is 129 cm³/mol. The summed E-state index contributed by atoms with van der Waals surface area (Å²) in [6, 6.07) is 22.5. The largest absolute Gasteiger partial charge is 0.294 e. The molecule has 0 radical (unpaired) electrons. The fraction of sp³-hybridized carbons (Fsp3) is 0.0400. The van der Waals surface area contributed by atoms with E-state index in [1.807, 2.05) is 66.7 Å². The lowest BCUT2D eigenvalue weighted by atomic mass is 9.94. The first-order valence-electron chi connectivity index (χ1n) is 9.30. The molecule has 0 fully saturated rings. The van der Waals surface area contributed by atoms with Gasteiger partial charge in [-0.25, -0.2) is 0 Å². The first-order valence-corrected chi connectivity index (χ1v) is 10.8. The average molecular weight is 497 g/mol. The van der Waals surface area contributed by atoms with Crippen LogP contribution in [0.1, 0.15) is 16.7 Å². The van der Waals surface area contributed by atoms with E-state index < -0.39 is 0 Å².